The maximum Gasteiger partial charge on any atom is 0.519 e. The zero-order chi connectivity index (χ0) is 26.4. The molecule has 0 N–H and O–H groups in total. The van der Waals surface area contributed by atoms with Crippen LogP contribution < -0.4 is 9.47 Å². The van der Waals surface area contributed by atoms with Gasteiger partial charge in [0.15, 0.2) is 12.6 Å². The predicted octanol–water partition coefficient (Wildman–Crippen LogP) is 4.03. The van der Waals surface area contributed by atoms with Crippen LogP contribution in [0, 0.1) is 32.1 Å². The Morgan fingerprint density at radius 1 is 0.737 bits per heavy atom. The molecule has 4 aliphatic rings. The van der Waals surface area contributed by atoms with Gasteiger partial charge in [0.05, 0.1) is 36.3 Å². The standard InChI is InChI=1S/C25H24N2O11/c28-25(37-21-3-1-13(26(29)30)9-17(21)19-11-35-23-15(19)5-7-33-23)38-22-4-2-14(27(31)32)10-18(22)20-12-36-24-16(20)6-8-34-24/h1-4,9-10,15-16,19-20,23-24H,5-8,11-12H2/t15-,16-,19+,20+,23+,24+/m0/s1. The summed E-state index contributed by atoms with van der Waals surface area (Å²) in [6, 6.07) is 7.98. The number of non-ortho nitro benzene ring substituents is 2. The zero-order valence-electron chi connectivity index (χ0n) is 20.1. The monoisotopic (exact) mass is 528 g/mol. The van der Waals surface area contributed by atoms with E-state index in [0.29, 0.717) is 37.2 Å². The summed E-state index contributed by atoms with van der Waals surface area (Å²) in [4.78, 5) is 34.8. The van der Waals surface area contributed by atoms with E-state index in [1.165, 1.54) is 36.4 Å². The van der Waals surface area contributed by atoms with Gasteiger partial charge in [0.1, 0.15) is 11.5 Å². The Morgan fingerprint density at radius 2 is 1.18 bits per heavy atom. The van der Waals surface area contributed by atoms with Crippen LogP contribution in [0.2, 0.25) is 0 Å². The fourth-order valence-corrected chi connectivity index (χ4v) is 5.83. The van der Waals surface area contributed by atoms with Crippen molar-refractivity contribution in [3.05, 3.63) is 67.8 Å². The molecule has 4 heterocycles. The highest BCUT2D eigenvalue weighted by atomic mass is 16.7. The molecule has 13 nitrogen and oxygen atoms in total. The molecule has 13 heteroatoms. The molecule has 0 unspecified atom stereocenters. The summed E-state index contributed by atoms with van der Waals surface area (Å²) in [5.41, 5.74) is 0.618. The Morgan fingerprint density at radius 3 is 1.61 bits per heavy atom. The topological polar surface area (TPSA) is 159 Å². The van der Waals surface area contributed by atoms with E-state index in [-0.39, 0.29) is 59.8 Å². The number of nitrogens with zero attached hydrogens (tertiary/aromatic N) is 2. The van der Waals surface area contributed by atoms with Crippen LogP contribution in [0.3, 0.4) is 0 Å². The molecular formula is C25H24N2O11. The SMILES string of the molecule is O=C(Oc1ccc([N+](=O)[O-])cc1[C@@H]1CO[C@H]2OCC[C@H]21)Oc1ccc([N+](=O)[O-])cc1[C@@H]1CO[C@H]2OCC[C@H]21. The van der Waals surface area contributed by atoms with Crippen molar-refractivity contribution in [2.24, 2.45) is 11.8 Å². The van der Waals surface area contributed by atoms with Gasteiger partial charge in [0.2, 0.25) is 0 Å². The van der Waals surface area contributed by atoms with E-state index < -0.39 is 28.6 Å². The summed E-state index contributed by atoms with van der Waals surface area (Å²) >= 11 is 0. The van der Waals surface area contributed by atoms with Crippen LogP contribution in [0.5, 0.6) is 11.5 Å². The Bertz CT molecular complexity index is 1190. The first-order chi connectivity index (χ1) is 18.4. The molecule has 0 aromatic heterocycles. The molecule has 6 atom stereocenters. The van der Waals surface area contributed by atoms with Crippen molar-refractivity contribution < 1.29 is 43.1 Å². The second kappa shape index (κ2) is 9.91. The molecule has 0 radical (unpaired) electrons. The first-order valence-electron chi connectivity index (χ1n) is 12.3. The second-order valence-corrected chi connectivity index (χ2v) is 9.68. The Balaban J connectivity index is 1.27. The third-order valence-corrected chi connectivity index (χ3v) is 7.67. The Hall–Kier alpha value is -3.65. The molecule has 200 valence electrons. The highest BCUT2D eigenvalue weighted by Gasteiger charge is 2.45. The number of carbonyl (C=O) groups excluding carboxylic acids is 1. The minimum absolute atomic E-state index is 0.0272. The van der Waals surface area contributed by atoms with E-state index >= 15 is 0 Å². The fraction of sp³-hybridized carbons (Fsp3) is 0.480. The van der Waals surface area contributed by atoms with Crippen LogP contribution in [-0.4, -0.2) is 55.0 Å². The molecule has 4 saturated heterocycles. The molecular weight excluding hydrogens is 504 g/mol. The number of ether oxygens (including phenoxy) is 6. The lowest BCUT2D eigenvalue weighted by atomic mass is 9.86. The van der Waals surface area contributed by atoms with Gasteiger partial charge in [0.25, 0.3) is 11.4 Å². The van der Waals surface area contributed by atoms with Gasteiger partial charge in [-0.05, 0) is 25.0 Å². The lowest BCUT2D eigenvalue weighted by molar-refractivity contribution is -0.385. The van der Waals surface area contributed by atoms with Crippen molar-refractivity contribution >= 4 is 17.5 Å². The molecule has 0 aliphatic carbocycles. The van der Waals surface area contributed by atoms with Crippen LogP contribution in [0.25, 0.3) is 0 Å². The Labute approximate surface area is 215 Å². The third-order valence-electron chi connectivity index (χ3n) is 7.67. The van der Waals surface area contributed by atoms with Crippen LogP contribution in [0.15, 0.2) is 36.4 Å². The van der Waals surface area contributed by atoms with Crippen molar-refractivity contribution in [3.8, 4) is 11.5 Å². The quantitative estimate of drug-likeness (QED) is 0.230. The second-order valence-electron chi connectivity index (χ2n) is 9.68. The van der Waals surface area contributed by atoms with Crippen LogP contribution >= 0.6 is 0 Å². The van der Waals surface area contributed by atoms with Crippen molar-refractivity contribution in [1.82, 2.24) is 0 Å². The van der Waals surface area contributed by atoms with Crippen molar-refractivity contribution in [2.45, 2.75) is 37.3 Å². The molecule has 4 aliphatic heterocycles. The van der Waals surface area contributed by atoms with E-state index in [1.807, 2.05) is 0 Å². The van der Waals surface area contributed by atoms with Crippen LogP contribution in [0.4, 0.5) is 16.2 Å². The number of nitro benzene ring substituents is 2. The molecule has 0 saturated carbocycles. The minimum Gasteiger partial charge on any atom is -0.394 e. The molecule has 6 rings (SSSR count). The summed E-state index contributed by atoms with van der Waals surface area (Å²) in [6.45, 7) is 1.56. The van der Waals surface area contributed by atoms with Crippen molar-refractivity contribution in [2.75, 3.05) is 26.4 Å². The summed E-state index contributed by atoms with van der Waals surface area (Å²) < 4.78 is 33.6. The van der Waals surface area contributed by atoms with Crippen molar-refractivity contribution in [1.29, 1.82) is 0 Å². The van der Waals surface area contributed by atoms with Gasteiger partial charge < -0.3 is 28.4 Å². The lowest BCUT2D eigenvalue weighted by Gasteiger charge is -2.20. The molecule has 0 amide bonds. The van der Waals surface area contributed by atoms with E-state index in [1.54, 1.807) is 0 Å². The fourth-order valence-electron chi connectivity index (χ4n) is 5.83. The summed E-state index contributed by atoms with van der Waals surface area (Å²) in [5.74, 6) is -0.372. The third kappa shape index (κ3) is 4.47. The molecule has 4 fully saturated rings. The van der Waals surface area contributed by atoms with Gasteiger partial charge in [-0.15, -0.1) is 0 Å². The zero-order valence-corrected chi connectivity index (χ0v) is 20.1. The first-order valence-corrected chi connectivity index (χ1v) is 12.3. The predicted molar refractivity (Wildman–Crippen MR) is 126 cm³/mol. The number of benzene rings is 2. The van der Waals surface area contributed by atoms with Gasteiger partial charge >= 0.3 is 6.16 Å². The van der Waals surface area contributed by atoms with Gasteiger partial charge in [-0.25, -0.2) is 4.79 Å². The minimum atomic E-state index is -1.08. The van der Waals surface area contributed by atoms with E-state index in [0.717, 1.165) is 0 Å². The van der Waals surface area contributed by atoms with Gasteiger partial charge in [-0.3, -0.25) is 20.2 Å². The summed E-state index contributed by atoms with van der Waals surface area (Å²) in [5, 5.41) is 22.9. The Kier molecular flexibility index (Phi) is 6.43. The lowest BCUT2D eigenvalue weighted by Crippen LogP contribution is -2.20. The molecule has 0 bridgehead atoms. The summed E-state index contributed by atoms with van der Waals surface area (Å²) in [7, 11) is 0. The van der Waals surface area contributed by atoms with E-state index in [2.05, 4.69) is 0 Å². The van der Waals surface area contributed by atoms with Gasteiger partial charge in [-0.1, -0.05) is 0 Å². The smallest absolute Gasteiger partial charge is 0.394 e. The van der Waals surface area contributed by atoms with Gasteiger partial charge in [0, 0.05) is 59.1 Å². The maximum atomic E-state index is 13.0. The number of hydrogen-bond donors (Lipinski definition) is 0. The number of rotatable bonds is 6. The van der Waals surface area contributed by atoms with Crippen LogP contribution in [0.1, 0.15) is 35.8 Å². The highest BCUT2D eigenvalue weighted by molar-refractivity contribution is 5.69. The first kappa shape index (κ1) is 24.7. The van der Waals surface area contributed by atoms with E-state index in [4.69, 9.17) is 28.4 Å². The van der Waals surface area contributed by atoms with E-state index in [9.17, 15) is 25.0 Å². The average molecular weight is 528 g/mol. The van der Waals surface area contributed by atoms with Crippen molar-refractivity contribution in [3.63, 3.8) is 0 Å². The van der Waals surface area contributed by atoms with Crippen LogP contribution in [-0.2, 0) is 18.9 Å². The molecule has 2 aromatic carbocycles. The largest absolute Gasteiger partial charge is 0.519 e. The normalized spacial score (nSPS) is 29.6. The molecule has 38 heavy (non-hydrogen) atoms. The molecule has 0 spiro atoms. The number of fused-ring (bicyclic) bond motifs is 2. The number of carbonyl (C=O) groups is 1. The summed E-state index contributed by atoms with van der Waals surface area (Å²) in [6.07, 6.45) is -0.462. The number of hydrogen-bond acceptors (Lipinski definition) is 11. The van der Waals surface area contributed by atoms with Gasteiger partial charge in [-0.2, -0.15) is 0 Å². The average Bonchev–Trinajstić information content (AvgIpc) is 3.67. The number of nitro groups is 2. The molecule has 2 aromatic rings. The maximum absolute atomic E-state index is 13.0. The highest BCUT2D eigenvalue weighted by Crippen LogP contribution is 2.47.